The first-order valence-corrected chi connectivity index (χ1v) is 9.94. The van der Waals surface area contributed by atoms with E-state index in [9.17, 15) is 4.79 Å². The van der Waals surface area contributed by atoms with Gasteiger partial charge in [-0.3, -0.25) is 9.36 Å². The number of ether oxygens (including phenoxy) is 2. The second-order valence-electron chi connectivity index (χ2n) is 6.95. The van der Waals surface area contributed by atoms with E-state index in [1.54, 1.807) is 23.3 Å². The molecule has 3 heterocycles. The smallest absolute Gasteiger partial charge is 0.243 e. The number of rotatable bonds is 9. The van der Waals surface area contributed by atoms with Crippen LogP contribution in [0.5, 0.6) is 11.5 Å². The third kappa shape index (κ3) is 5.05. The summed E-state index contributed by atoms with van der Waals surface area (Å²) in [5.74, 6) is 2.78. The molecule has 1 aromatic carbocycles. The summed E-state index contributed by atoms with van der Waals surface area (Å²) in [5.41, 5.74) is 0.854. The van der Waals surface area contributed by atoms with E-state index in [0.717, 1.165) is 23.0 Å². The van der Waals surface area contributed by atoms with Crippen LogP contribution in [0.4, 0.5) is 5.82 Å². The highest BCUT2D eigenvalue weighted by Crippen LogP contribution is 2.34. The Labute approximate surface area is 174 Å². The van der Waals surface area contributed by atoms with Crippen LogP contribution in [0.2, 0.25) is 0 Å². The Morgan fingerprint density at radius 3 is 2.70 bits per heavy atom. The molecule has 4 rings (SSSR count). The van der Waals surface area contributed by atoms with Crippen molar-refractivity contribution in [3.63, 3.8) is 0 Å². The Balaban J connectivity index is 1.14. The number of nitrogens with zero attached hydrogens (tertiary/aromatic N) is 4. The molecule has 3 aromatic rings. The minimum atomic E-state index is -0.352. The van der Waals surface area contributed by atoms with Crippen LogP contribution in [-0.4, -0.2) is 44.8 Å². The van der Waals surface area contributed by atoms with Gasteiger partial charge in [-0.1, -0.05) is 12.1 Å². The van der Waals surface area contributed by atoms with Crippen LogP contribution < -0.4 is 20.1 Å². The number of anilines is 1. The van der Waals surface area contributed by atoms with Crippen LogP contribution in [0.15, 0.2) is 49.1 Å². The maximum atomic E-state index is 12.1. The molecule has 1 aliphatic heterocycles. The second-order valence-corrected chi connectivity index (χ2v) is 6.95. The Morgan fingerprint density at radius 1 is 1.17 bits per heavy atom. The van der Waals surface area contributed by atoms with E-state index in [1.165, 1.54) is 0 Å². The van der Waals surface area contributed by atoms with Crippen molar-refractivity contribution in [1.29, 1.82) is 0 Å². The van der Waals surface area contributed by atoms with Crippen molar-refractivity contribution >= 4 is 11.7 Å². The van der Waals surface area contributed by atoms with Gasteiger partial charge >= 0.3 is 0 Å². The number of aromatic nitrogens is 4. The predicted molar refractivity (Wildman–Crippen MR) is 111 cm³/mol. The van der Waals surface area contributed by atoms with Crippen LogP contribution in [0.3, 0.4) is 0 Å². The molecule has 0 radical (unpaired) electrons. The van der Waals surface area contributed by atoms with Gasteiger partial charge in [-0.15, -0.1) is 0 Å². The van der Waals surface area contributed by atoms with E-state index in [4.69, 9.17) is 9.47 Å². The summed E-state index contributed by atoms with van der Waals surface area (Å²) in [6, 6.07) is 9.43. The van der Waals surface area contributed by atoms with E-state index in [0.29, 0.717) is 38.3 Å². The molecule has 0 saturated heterocycles. The zero-order valence-corrected chi connectivity index (χ0v) is 16.7. The second kappa shape index (κ2) is 9.25. The number of aryl methyl sites for hydroxylation is 1. The lowest BCUT2D eigenvalue weighted by Gasteiger charge is -2.11. The summed E-state index contributed by atoms with van der Waals surface area (Å²) in [5, 5.41) is 6.16. The SMILES string of the molecule is Cc1cc(NCCCC(=O)NCCC2Oc3ccccc3O2)nc(-n2ccnc2)n1. The lowest BCUT2D eigenvalue weighted by Crippen LogP contribution is -2.30. The highest BCUT2D eigenvalue weighted by Gasteiger charge is 2.23. The summed E-state index contributed by atoms with van der Waals surface area (Å²) < 4.78 is 13.1. The van der Waals surface area contributed by atoms with Gasteiger partial charge in [-0.2, -0.15) is 4.98 Å². The topological polar surface area (TPSA) is 103 Å². The van der Waals surface area contributed by atoms with Crippen LogP contribution in [0, 0.1) is 6.92 Å². The van der Waals surface area contributed by atoms with E-state index < -0.39 is 0 Å². The van der Waals surface area contributed by atoms with E-state index >= 15 is 0 Å². The predicted octanol–water partition coefficient (Wildman–Crippen LogP) is 2.47. The number of fused-ring (bicyclic) bond motifs is 1. The fraction of sp³-hybridized carbons (Fsp3) is 0.333. The molecule has 156 valence electrons. The fourth-order valence-electron chi connectivity index (χ4n) is 3.09. The molecule has 1 amide bonds. The minimum Gasteiger partial charge on any atom is -0.451 e. The summed E-state index contributed by atoms with van der Waals surface area (Å²) in [7, 11) is 0. The van der Waals surface area contributed by atoms with Gasteiger partial charge in [-0.25, -0.2) is 9.97 Å². The lowest BCUT2D eigenvalue weighted by atomic mass is 10.3. The average Bonchev–Trinajstić information content (AvgIpc) is 3.40. The molecule has 2 N–H and O–H groups in total. The van der Waals surface area contributed by atoms with Gasteiger partial charge in [0, 0.05) is 50.1 Å². The van der Waals surface area contributed by atoms with E-state index in [-0.39, 0.29) is 12.2 Å². The van der Waals surface area contributed by atoms with Gasteiger partial charge in [-0.05, 0) is 25.5 Å². The largest absolute Gasteiger partial charge is 0.451 e. The van der Waals surface area contributed by atoms with Crippen LogP contribution in [-0.2, 0) is 4.79 Å². The standard InChI is InChI=1S/C21H24N6O3/c1-15-13-18(26-21(25-15)27-12-11-22-14-27)23-9-4-7-19(28)24-10-8-20-29-16-5-2-3-6-17(16)30-20/h2-3,5-6,11-14,20H,4,7-10H2,1H3,(H,24,28)(H,23,25,26). The van der Waals surface area contributed by atoms with E-state index in [2.05, 4.69) is 25.6 Å². The molecule has 9 nitrogen and oxygen atoms in total. The number of hydrogen-bond donors (Lipinski definition) is 2. The molecule has 0 saturated carbocycles. The first kappa shape index (κ1) is 19.7. The van der Waals surface area contributed by atoms with Crippen molar-refractivity contribution in [2.45, 2.75) is 32.5 Å². The molecule has 0 unspecified atom stereocenters. The van der Waals surface area contributed by atoms with Gasteiger partial charge in [0.2, 0.25) is 18.1 Å². The van der Waals surface area contributed by atoms with Crippen molar-refractivity contribution in [3.8, 4) is 17.4 Å². The molecule has 0 aliphatic carbocycles. The number of nitrogens with one attached hydrogen (secondary N) is 2. The molecular formula is C21H24N6O3. The first-order chi connectivity index (χ1) is 14.7. The number of imidazole rings is 1. The van der Waals surface area contributed by atoms with Crippen LogP contribution >= 0.6 is 0 Å². The molecule has 0 atom stereocenters. The van der Waals surface area contributed by atoms with E-state index in [1.807, 2.05) is 37.3 Å². The van der Waals surface area contributed by atoms with Gasteiger partial charge < -0.3 is 20.1 Å². The molecular weight excluding hydrogens is 384 g/mol. The van der Waals surface area contributed by atoms with Crippen molar-refractivity contribution in [3.05, 3.63) is 54.7 Å². The normalized spacial score (nSPS) is 12.7. The molecule has 0 bridgehead atoms. The van der Waals surface area contributed by atoms with Gasteiger partial charge in [0.05, 0.1) is 0 Å². The summed E-state index contributed by atoms with van der Waals surface area (Å²) in [4.78, 5) is 24.9. The zero-order valence-electron chi connectivity index (χ0n) is 16.7. The number of hydrogen-bond acceptors (Lipinski definition) is 7. The molecule has 0 spiro atoms. The van der Waals surface area contributed by atoms with Gasteiger partial charge in [0.1, 0.15) is 12.1 Å². The maximum absolute atomic E-state index is 12.1. The van der Waals surface area contributed by atoms with Crippen LogP contribution in [0.1, 0.15) is 25.0 Å². The average molecular weight is 408 g/mol. The quantitative estimate of drug-likeness (QED) is 0.524. The zero-order chi connectivity index (χ0) is 20.8. The number of carbonyl (C=O) groups excluding carboxylic acids is 1. The third-order valence-corrected chi connectivity index (χ3v) is 4.53. The van der Waals surface area contributed by atoms with Gasteiger partial charge in [0.15, 0.2) is 11.5 Å². The fourth-order valence-corrected chi connectivity index (χ4v) is 3.09. The Morgan fingerprint density at radius 2 is 1.97 bits per heavy atom. The Kier molecular flexibility index (Phi) is 6.07. The molecule has 30 heavy (non-hydrogen) atoms. The summed E-state index contributed by atoms with van der Waals surface area (Å²) in [6.07, 6.45) is 6.49. The Bertz CT molecular complexity index is 967. The van der Waals surface area contributed by atoms with Crippen molar-refractivity contribution in [1.82, 2.24) is 24.8 Å². The van der Waals surface area contributed by atoms with Crippen molar-refractivity contribution in [2.24, 2.45) is 0 Å². The maximum Gasteiger partial charge on any atom is 0.243 e. The summed E-state index contributed by atoms with van der Waals surface area (Å²) >= 11 is 0. The van der Waals surface area contributed by atoms with Gasteiger partial charge in [0.25, 0.3) is 0 Å². The van der Waals surface area contributed by atoms with Crippen LogP contribution in [0.25, 0.3) is 5.95 Å². The summed E-state index contributed by atoms with van der Waals surface area (Å²) in [6.45, 7) is 3.05. The number of benzene rings is 1. The van der Waals surface area contributed by atoms with Crippen molar-refractivity contribution in [2.75, 3.05) is 18.4 Å². The highest BCUT2D eigenvalue weighted by atomic mass is 16.7. The molecule has 0 fully saturated rings. The number of amides is 1. The molecule has 1 aliphatic rings. The number of para-hydroxylation sites is 2. The third-order valence-electron chi connectivity index (χ3n) is 4.53. The molecule has 9 heteroatoms. The monoisotopic (exact) mass is 408 g/mol. The van der Waals surface area contributed by atoms with Crippen molar-refractivity contribution < 1.29 is 14.3 Å². The minimum absolute atomic E-state index is 0.00489. The number of carbonyl (C=O) groups is 1. The lowest BCUT2D eigenvalue weighted by molar-refractivity contribution is -0.121. The Hall–Kier alpha value is -3.62. The first-order valence-electron chi connectivity index (χ1n) is 9.94. The molecule has 2 aromatic heterocycles. The highest BCUT2D eigenvalue weighted by molar-refractivity contribution is 5.75.